The third-order valence-electron chi connectivity index (χ3n) is 1.74. The summed E-state index contributed by atoms with van der Waals surface area (Å²) in [7, 11) is 0. The highest BCUT2D eigenvalue weighted by Crippen LogP contribution is 2.33. The van der Waals surface area contributed by atoms with Crippen LogP contribution in [0.2, 0.25) is 0 Å². The fraction of sp³-hybridized carbons (Fsp3) is 0.333. The summed E-state index contributed by atoms with van der Waals surface area (Å²) in [5, 5.41) is 0. The van der Waals surface area contributed by atoms with Crippen molar-refractivity contribution < 1.29 is 8.76 Å². The van der Waals surface area contributed by atoms with E-state index < -0.39 is 13.6 Å². The van der Waals surface area contributed by atoms with Gasteiger partial charge in [-0.25, -0.2) is 0 Å². The van der Waals surface area contributed by atoms with Gasteiger partial charge in [0.05, 0.1) is 0 Å². The van der Waals surface area contributed by atoms with E-state index in [1.54, 1.807) is 0 Å². The van der Waals surface area contributed by atoms with Crippen molar-refractivity contribution in [1.29, 1.82) is 0 Å². The lowest BCUT2D eigenvalue weighted by Crippen LogP contribution is -2.21. The highest BCUT2D eigenvalue weighted by molar-refractivity contribution is 9.27. The van der Waals surface area contributed by atoms with Crippen LogP contribution < -0.4 is 0 Å². The summed E-state index contributed by atoms with van der Waals surface area (Å²) in [6.07, 6.45) is 0.394. The van der Waals surface area contributed by atoms with Crippen LogP contribution in [0.5, 0.6) is 0 Å². The number of benzene rings is 1. The maximum atomic E-state index is 10.8. The van der Waals surface area contributed by atoms with Gasteiger partial charge in [0.25, 0.3) is 0 Å². The Hall–Kier alpha value is 0.290. The van der Waals surface area contributed by atoms with Crippen LogP contribution in [0.25, 0.3) is 0 Å². The zero-order chi connectivity index (χ0) is 10.8. The lowest BCUT2D eigenvalue weighted by molar-refractivity contribution is 0.532. The van der Waals surface area contributed by atoms with Gasteiger partial charge in [-0.3, -0.25) is 4.21 Å². The van der Waals surface area contributed by atoms with Crippen molar-refractivity contribution in [2.45, 2.75) is 15.9 Å². The standard InChI is InChI=1S/C9H10Br2O2S/c1-7-3-2-4-8(5-7)6-9(10,11)14(12)13/h2-5H,6H2,1H3,(H,12,13)/p-1. The zero-order valence-electron chi connectivity index (χ0n) is 7.50. The fourth-order valence-corrected chi connectivity index (χ4v) is 2.05. The van der Waals surface area contributed by atoms with Crippen molar-refractivity contribution in [2.75, 3.05) is 0 Å². The zero-order valence-corrected chi connectivity index (χ0v) is 11.5. The quantitative estimate of drug-likeness (QED) is 0.627. The first-order valence-corrected chi connectivity index (χ1v) is 6.60. The number of aryl methyl sites for hydroxylation is 1. The molecule has 78 valence electrons. The van der Waals surface area contributed by atoms with Crippen molar-refractivity contribution in [1.82, 2.24) is 0 Å². The Kier molecular flexibility index (Phi) is 4.30. The molecule has 0 heterocycles. The molecule has 0 aliphatic carbocycles. The Bertz CT molecular complexity index is 352. The average molecular weight is 341 g/mol. The Morgan fingerprint density at radius 3 is 2.64 bits per heavy atom. The Balaban J connectivity index is 2.83. The Labute approximate surface area is 103 Å². The molecule has 0 fully saturated rings. The molecule has 0 saturated heterocycles. The van der Waals surface area contributed by atoms with Crippen molar-refractivity contribution in [2.24, 2.45) is 0 Å². The van der Waals surface area contributed by atoms with Gasteiger partial charge in [-0.05, 0) is 23.6 Å². The molecule has 0 spiro atoms. The SMILES string of the molecule is Cc1cccc(CC(Br)(Br)S(=O)[O-])c1. The van der Waals surface area contributed by atoms with Gasteiger partial charge >= 0.3 is 0 Å². The molecule has 0 saturated carbocycles. The molecule has 2 nitrogen and oxygen atoms in total. The normalized spacial score (nSPS) is 14.0. The third-order valence-corrected chi connectivity index (χ3v) is 4.51. The van der Waals surface area contributed by atoms with Gasteiger partial charge < -0.3 is 4.55 Å². The monoisotopic (exact) mass is 339 g/mol. The summed E-state index contributed by atoms with van der Waals surface area (Å²) in [4.78, 5) is 0. The third kappa shape index (κ3) is 3.46. The number of hydrogen-bond donors (Lipinski definition) is 0. The smallest absolute Gasteiger partial charge is 0.145 e. The number of halogens is 2. The topological polar surface area (TPSA) is 40.1 Å². The fourth-order valence-electron chi connectivity index (χ4n) is 1.12. The van der Waals surface area contributed by atoms with E-state index in [4.69, 9.17) is 0 Å². The second-order valence-corrected chi connectivity index (χ2v) is 9.03. The van der Waals surface area contributed by atoms with Gasteiger partial charge in [0.1, 0.15) is 2.57 Å². The predicted octanol–water partition coefficient (Wildman–Crippen LogP) is 2.86. The van der Waals surface area contributed by atoms with Crippen LogP contribution in [0.1, 0.15) is 11.1 Å². The molecule has 1 atom stereocenters. The molecule has 0 aliphatic heterocycles. The first-order chi connectivity index (χ1) is 6.42. The van der Waals surface area contributed by atoms with E-state index >= 15 is 0 Å². The van der Waals surface area contributed by atoms with E-state index in [9.17, 15) is 8.76 Å². The van der Waals surface area contributed by atoms with Crippen LogP contribution >= 0.6 is 31.9 Å². The van der Waals surface area contributed by atoms with Crippen molar-refractivity contribution >= 4 is 42.9 Å². The minimum atomic E-state index is -2.20. The molecule has 0 N–H and O–H groups in total. The van der Waals surface area contributed by atoms with Crippen LogP contribution in [0.3, 0.4) is 0 Å². The maximum Gasteiger partial charge on any atom is 0.145 e. The van der Waals surface area contributed by atoms with E-state index in [1.165, 1.54) is 0 Å². The van der Waals surface area contributed by atoms with E-state index in [0.717, 1.165) is 11.1 Å². The van der Waals surface area contributed by atoms with Gasteiger partial charge in [-0.1, -0.05) is 61.7 Å². The first-order valence-electron chi connectivity index (χ1n) is 3.94. The lowest BCUT2D eigenvalue weighted by Gasteiger charge is -2.23. The van der Waals surface area contributed by atoms with Gasteiger partial charge in [-0.15, -0.1) is 0 Å². The predicted molar refractivity (Wildman–Crippen MR) is 64.4 cm³/mol. The molecule has 14 heavy (non-hydrogen) atoms. The molecule has 0 amide bonds. The molecule has 5 heteroatoms. The van der Waals surface area contributed by atoms with Crippen LogP contribution in [0.4, 0.5) is 0 Å². The molecular weight excluding hydrogens is 332 g/mol. The van der Waals surface area contributed by atoms with Gasteiger partial charge in [0.2, 0.25) is 0 Å². The van der Waals surface area contributed by atoms with E-state index in [1.807, 2.05) is 31.2 Å². The molecule has 0 aromatic heterocycles. The molecule has 0 radical (unpaired) electrons. The minimum absolute atomic E-state index is 0.394. The minimum Gasteiger partial charge on any atom is -0.771 e. The number of hydrogen-bond acceptors (Lipinski definition) is 2. The van der Waals surface area contributed by atoms with E-state index in [-0.39, 0.29) is 0 Å². The van der Waals surface area contributed by atoms with E-state index in [2.05, 4.69) is 31.9 Å². The molecule has 1 aromatic carbocycles. The Morgan fingerprint density at radius 1 is 1.50 bits per heavy atom. The summed E-state index contributed by atoms with van der Waals surface area (Å²) in [5.74, 6) is 0. The van der Waals surface area contributed by atoms with Crippen molar-refractivity contribution in [3.63, 3.8) is 0 Å². The van der Waals surface area contributed by atoms with Crippen molar-refractivity contribution in [3.8, 4) is 0 Å². The molecule has 0 bridgehead atoms. The summed E-state index contributed by atoms with van der Waals surface area (Å²) < 4.78 is 20.6. The largest absolute Gasteiger partial charge is 0.771 e. The van der Waals surface area contributed by atoms with Crippen LogP contribution in [0, 0.1) is 6.92 Å². The highest BCUT2D eigenvalue weighted by atomic mass is 79.9. The van der Waals surface area contributed by atoms with Gasteiger partial charge in [-0.2, -0.15) is 0 Å². The summed E-state index contributed by atoms with van der Waals surface area (Å²) in [6, 6.07) is 7.75. The molecule has 1 aromatic rings. The maximum absolute atomic E-state index is 10.8. The van der Waals surface area contributed by atoms with Crippen LogP contribution in [-0.2, 0) is 17.5 Å². The second kappa shape index (κ2) is 4.88. The second-order valence-electron chi connectivity index (χ2n) is 3.04. The summed E-state index contributed by atoms with van der Waals surface area (Å²) in [6.45, 7) is 1.97. The lowest BCUT2D eigenvalue weighted by atomic mass is 10.1. The molecule has 0 aliphatic rings. The number of rotatable bonds is 3. The highest BCUT2D eigenvalue weighted by Gasteiger charge is 2.24. The summed E-state index contributed by atoms with van der Waals surface area (Å²) in [5.41, 5.74) is 2.10. The number of alkyl halides is 2. The van der Waals surface area contributed by atoms with Crippen LogP contribution in [-0.4, -0.2) is 11.3 Å². The van der Waals surface area contributed by atoms with Crippen LogP contribution in [0.15, 0.2) is 24.3 Å². The summed E-state index contributed by atoms with van der Waals surface area (Å²) >= 11 is 4.02. The Morgan fingerprint density at radius 2 is 2.14 bits per heavy atom. The van der Waals surface area contributed by atoms with Gasteiger partial charge in [0, 0.05) is 6.42 Å². The van der Waals surface area contributed by atoms with Gasteiger partial charge in [0.15, 0.2) is 0 Å². The van der Waals surface area contributed by atoms with E-state index in [0.29, 0.717) is 6.42 Å². The first kappa shape index (κ1) is 12.4. The molecule has 1 unspecified atom stereocenters. The van der Waals surface area contributed by atoms with Crippen molar-refractivity contribution in [3.05, 3.63) is 35.4 Å². The average Bonchev–Trinajstić information content (AvgIpc) is 2.02. The molecular formula is C9H9Br2O2S-. The molecule has 1 rings (SSSR count).